The first-order chi connectivity index (χ1) is 17.3. The number of hydrogen-bond donors (Lipinski definition) is 2. The number of benzene rings is 2. The minimum absolute atomic E-state index is 0.000804. The van der Waals surface area contributed by atoms with E-state index < -0.39 is 40.8 Å². The van der Waals surface area contributed by atoms with Crippen LogP contribution in [0, 0.1) is 17.7 Å². The number of carbonyl (C=O) groups excluding carboxylic acids is 3. The lowest BCUT2D eigenvalue weighted by atomic mass is 9.70. The Hall–Kier alpha value is -3.52. The highest BCUT2D eigenvalue weighted by molar-refractivity contribution is 6.11. The van der Waals surface area contributed by atoms with Crippen LogP contribution in [0.4, 0.5) is 15.8 Å². The maximum atomic E-state index is 15.0. The second kappa shape index (κ2) is 8.27. The summed E-state index contributed by atoms with van der Waals surface area (Å²) in [5, 5.41) is 5.97. The van der Waals surface area contributed by atoms with Crippen molar-refractivity contribution in [2.24, 2.45) is 11.8 Å². The van der Waals surface area contributed by atoms with Crippen molar-refractivity contribution in [1.29, 1.82) is 0 Å². The number of fused-ring (bicyclic) bond motifs is 1. The predicted octanol–water partition coefficient (Wildman–Crippen LogP) is 3.57. The van der Waals surface area contributed by atoms with Crippen LogP contribution >= 0.6 is 0 Å². The zero-order valence-corrected chi connectivity index (χ0v) is 19.9. The molecule has 7 nitrogen and oxygen atoms in total. The highest BCUT2D eigenvalue weighted by atomic mass is 19.1. The number of anilines is 2. The first-order valence-electron chi connectivity index (χ1n) is 12.5. The lowest BCUT2D eigenvalue weighted by Crippen LogP contribution is -2.56. The molecule has 3 heterocycles. The summed E-state index contributed by atoms with van der Waals surface area (Å²) < 4.78 is 21.5. The monoisotopic (exact) mass is 489 g/mol. The number of amides is 3. The van der Waals surface area contributed by atoms with Crippen molar-refractivity contribution in [2.75, 3.05) is 10.2 Å². The van der Waals surface area contributed by atoms with E-state index in [4.69, 9.17) is 4.74 Å². The van der Waals surface area contributed by atoms with Crippen molar-refractivity contribution in [3.63, 3.8) is 0 Å². The fourth-order valence-electron chi connectivity index (χ4n) is 6.53. The van der Waals surface area contributed by atoms with E-state index in [1.54, 1.807) is 49.4 Å². The topological polar surface area (TPSA) is 87.7 Å². The lowest BCUT2D eigenvalue weighted by molar-refractivity contribution is -0.131. The molecule has 36 heavy (non-hydrogen) atoms. The van der Waals surface area contributed by atoms with Gasteiger partial charge in [0.25, 0.3) is 0 Å². The van der Waals surface area contributed by atoms with E-state index in [2.05, 4.69) is 10.6 Å². The molecule has 0 aromatic heterocycles. The Labute approximate surface area is 208 Å². The molecular weight excluding hydrogens is 461 g/mol. The first kappa shape index (κ1) is 22.9. The number of carbonyl (C=O) groups is 3. The van der Waals surface area contributed by atoms with E-state index >= 15 is 4.39 Å². The zero-order chi connectivity index (χ0) is 25.1. The van der Waals surface area contributed by atoms with Gasteiger partial charge in [-0.2, -0.15) is 0 Å². The van der Waals surface area contributed by atoms with Gasteiger partial charge in [0, 0.05) is 11.7 Å². The van der Waals surface area contributed by atoms with E-state index in [0.29, 0.717) is 5.69 Å². The van der Waals surface area contributed by atoms with Crippen molar-refractivity contribution in [1.82, 2.24) is 5.32 Å². The van der Waals surface area contributed by atoms with Gasteiger partial charge in [0.1, 0.15) is 17.5 Å². The molecule has 6 rings (SSSR count). The highest BCUT2D eigenvalue weighted by Crippen LogP contribution is 2.60. The fourth-order valence-corrected chi connectivity index (χ4v) is 6.53. The summed E-state index contributed by atoms with van der Waals surface area (Å²) in [6.45, 7) is 1.76. The molecule has 3 amide bonds. The average Bonchev–Trinajstić information content (AvgIpc) is 3.60. The van der Waals surface area contributed by atoms with Crippen LogP contribution in [0.25, 0.3) is 0 Å². The van der Waals surface area contributed by atoms with Crippen molar-refractivity contribution >= 4 is 29.1 Å². The van der Waals surface area contributed by atoms with Crippen LogP contribution in [0.2, 0.25) is 0 Å². The van der Waals surface area contributed by atoms with Crippen molar-refractivity contribution in [2.45, 2.75) is 55.9 Å². The van der Waals surface area contributed by atoms with E-state index in [9.17, 15) is 14.4 Å². The Bertz CT molecular complexity index is 1260. The molecule has 0 unspecified atom stereocenters. The van der Waals surface area contributed by atoms with Gasteiger partial charge in [0.15, 0.2) is 0 Å². The Kier molecular flexibility index (Phi) is 5.26. The molecule has 5 atom stereocenters. The molecule has 1 saturated carbocycles. The SMILES string of the molecule is C[C@]12C=C[C@@]3(O1)[C@H](C(=O)N(c1ccccc1F)[C@@H]3C(=O)NC1CCCC1)[C@@H]2C(=O)Nc1ccccc1. The van der Waals surface area contributed by atoms with Crippen LogP contribution < -0.4 is 15.5 Å². The summed E-state index contributed by atoms with van der Waals surface area (Å²) >= 11 is 0. The maximum Gasteiger partial charge on any atom is 0.246 e. The molecule has 3 aliphatic heterocycles. The minimum atomic E-state index is -1.38. The molecule has 2 aromatic carbocycles. The summed E-state index contributed by atoms with van der Waals surface area (Å²) in [6, 6.07) is 13.7. The highest BCUT2D eigenvalue weighted by Gasteiger charge is 2.76. The molecule has 0 radical (unpaired) electrons. The van der Waals surface area contributed by atoms with Crippen LogP contribution in [0.1, 0.15) is 32.6 Å². The smallest absolute Gasteiger partial charge is 0.246 e. The third kappa shape index (κ3) is 3.31. The summed E-state index contributed by atoms with van der Waals surface area (Å²) in [6.07, 6.45) is 7.28. The van der Waals surface area contributed by atoms with Crippen molar-refractivity contribution in [3.05, 3.63) is 72.6 Å². The summed E-state index contributed by atoms with van der Waals surface area (Å²) in [4.78, 5) is 42.7. The number of rotatable bonds is 5. The van der Waals surface area contributed by atoms with Gasteiger partial charge in [0.2, 0.25) is 17.7 Å². The first-order valence-corrected chi connectivity index (χ1v) is 12.5. The van der Waals surface area contributed by atoms with Gasteiger partial charge >= 0.3 is 0 Å². The van der Waals surface area contributed by atoms with E-state index in [-0.39, 0.29) is 23.5 Å². The predicted molar refractivity (Wildman–Crippen MR) is 131 cm³/mol. The van der Waals surface area contributed by atoms with E-state index in [1.165, 1.54) is 23.1 Å². The number of hydrogen-bond acceptors (Lipinski definition) is 4. The third-order valence-electron chi connectivity index (χ3n) is 8.08. The van der Waals surface area contributed by atoms with Crippen LogP contribution in [0.15, 0.2) is 66.7 Å². The molecule has 2 saturated heterocycles. The average molecular weight is 490 g/mol. The van der Waals surface area contributed by atoms with Gasteiger partial charge in [0.05, 0.1) is 23.1 Å². The maximum absolute atomic E-state index is 15.0. The lowest BCUT2D eigenvalue weighted by Gasteiger charge is -2.33. The number of ether oxygens (including phenoxy) is 1. The summed E-state index contributed by atoms with van der Waals surface area (Å²) in [5.74, 6) is -3.74. The van der Waals surface area contributed by atoms with Gasteiger partial charge in [-0.1, -0.05) is 55.3 Å². The van der Waals surface area contributed by atoms with Crippen LogP contribution in [-0.2, 0) is 19.1 Å². The van der Waals surface area contributed by atoms with Gasteiger partial charge < -0.3 is 15.4 Å². The molecule has 3 fully saturated rings. The quantitative estimate of drug-likeness (QED) is 0.629. The number of nitrogens with one attached hydrogen (secondary N) is 2. The largest absolute Gasteiger partial charge is 0.356 e. The standard InChI is InChI=1S/C28H28FN3O4/c1-27-15-16-28(36-27)22(21(27)24(33)30-17-9-3-2-4-10-17)26(35)32(20-14-8-7-13-19(20)29)23(28)25(34)31-18-11-5-6-12-18/h2-4,7-10,13-16,18,21-23H,5-6,11-12H2,1H3,(H,30,33)(H,31,34)/t21-,22+,23-,27-,28-/m1/s1. The van der Waals surface area contributed by atoms with Crippen molar-refractivity contribution in [3.8, 4) is 0 Å². The molecule has 2 bridgehead atoms. The third-order valence-corrected chi connectivity index (χ3v) is 8.08. The van der Waals surface area contributed by atoms with E-state index in [0.717, 1.165) is 25.7 Å². The van der Waals surface area contributed by atoms with E-state index in [1.807, 2.05) is 6.07 Å². The Morgan fingerprint density at radius 3 is 2.42 bits per heavy atom. The van der Waals surface area contributed by atoms with Crippen LogP contribution in [-0.4, -0.2) is 41.0 Å². The Morgan fingerprint density at radius 2 is 1.69 bits per heavy atom. The number of para-hydroxylation sites is 2. The van der Waals surface area contributed by atoms with Gasteiger partial charge in [-0.05, 0) is 44.0 Å². The molecule has 8 heteroatoms. The zero-order valence-electron chi connectivity index (χ0n) is 19.9. The summed E-state index contributed by atoms with van der Waals surface area (Å²) in [7, 11) is 0. The normalized spacial score (nSPS) is 32.7. The molecule has 2 aromatic rings. The van der Waals surface area contributed by atoms with Gasteiger partial charge in [-0.15, -0.1) is 0 Å². The fraction of sp³-hybridized carbons (Fsp3) is 0.393. The molecule has 1 aliphatic carbocycles. The molecule has 2 N–H and O–H groups in total. The Morgan fingerprint density at radius 1 is 1.00 bits per heavy atom. The van der Waals surface area contributed by atoms with Crippen molar-refractivity contribution < 1.29 is 23.5 Å². The second-order valence-electron chi connectivity index (χ2n) is 10.3. The molecule has 1 spiro atoms. The molecular formula is C28H28FN3O4. The Balaban J connectivity index is 1.42. The van der Waals surface area contributed by atoms with Gasteiger partial charge in [-0.3, -0.25) is 19.3 Å². The molecule has 186 valence electrons. The summed E-state index contributed by atoms with van der Waals surface area (Å²) in [5.41, 5.74) is -1.86. The van der Waals surface area contributed by atoms with Gasteiger partial charge in [-0.25, -0.2) is 4.39 Å². The van der Waals surface area contributed by atoms with Crippen LogP contribution in [0.3, 0.4) is 0 Å². The number of nitrogens with zero attached hydrogens (tertiary/aromatic N) is 1. The second-order valence-corrected chi connectivity index (χ2v) is 10.3. The van der Waals surface area contributed by atoms with Crippen LogP contribution in [0.5, 0.6) is 0 Å². The minimum Gasteiger partial charge on any atom is -0.356 e. The molecule has 4 aliphatic rings. The number of halogens is 1.